The lowest BCUT2D eigenvalue weighted by Crippen LogP contribution is -2.28. The highest BCUT2D eigenvalue weighted by atomic mass is 16.5. The minimum Gasteiger partial charge on any atom is -0.496 e. The number of nitrogens with two attached hydrogens (primary N) is 1. The van der Waals surface area contributed by atoms with Gasteiger partial charge in [0, 0.05) is 24.2 Å². The van der Waals surface area contributed by atoms with Crippen LogP contribution in [0, 0.1) is 6.92 Å². The van der Waals surface area contributed by atoms with Crippen LogP contribution in [0.15, 0.2) is 12.1 Å². The first-order chi connectivity index (χ1) is 8.65. The molecular formula is C14H22N2O2. The Bertz CT molecular complexity index is 417. The van der Waals surface area contributed by atoms with Crippen molar-refractivity contribution in [3.8, 4) is 11.5 Å². The van der Waals surface area contributed by atoms with E-state index in [4.69, 9.17) is 15.2 Å². The summed E-state index contributed by atoms with van der Waals surface area (Å²) in [5, 5.41) is 3.44. The lowest BCUT2D eigenvalue weighted by atomic mass is 10.0. The maximum Gasteiger partial charge on any atom is 0.124 e. The van der Waals surface area contributed by atoms with Gasteiger partial charge in [0.05, 0.1) is 14.2 Å². The molecule has 18 heavy (non-hydrogen) atoms. The quantitative estimate of drug-likeness (QED) is 0.808. The Labute approximate surface area is 108 Å². The summed E-state index contributed by atoms with van der Waals surface area (Å²) in [5.74, 6) is 1.69. The van der Waals surface area contributed by atoms with Crippen molar-refractivity contribution in [1.29, 1.82) is 0 Å². The molecular weight excluding hydrogens is 228 g/mol. The number of rotatable bonds is 6. The van der Waals surface area contributed by atoms with E-state index >= 15 is 0 Å². The molecule has 0 spiro atoms. The molecule has 0 aromatic heterocycles. The number of hydrogen-bond donors (Lipinski definition) is 2. The maximum absolute atomic E-state index is 6.22. The predicted octanol–water partition coefficient (Wildman–Crippen LogP) is 1.76. The minimum atomic E-state index is -0.0740. The third kappa shape index (κ3) is 2.94. The van der Waals surface area contributed by atoms with E-state index in [1.54, 1.807) is 14.2 Å². The molecule has 0 aliphatic heterocycles. The van der Waals surface area contributed by atoms with E-state index in [-0.39, 0.29) is 6.04 Å². The Morgan fingerprint density at radius 1 is 1.28 bits per heavy atom. The molecule has 1 aliphatic carbocycles. The van der Waals surface area contributed by atoms with E-state index in [1.165, 1.54) is 12.8 Å². The number of methoxy groups -OCH3 is 2. The topological polar surface area (TPSA) is 56.5 Å². The Balaban J connectivity index is 2.16. The van der Waals surface area contributed by atoms with Gasteiger partial charge >= 0.3 is 0 Å². The van der Waals surface area contributed by atoms with Crippen LogP contribution in [0.4, 0.5) is 0 Å². The van der Waals surface area contributed by atoms with Gasteiger partial charge in [-0.05, 0) is 37.5 Å². The standard InChI is InChI=1S/C14H22N2O2/c1-9-6-14(18-3)11(7-13(9)17-2)12(15)8-16-10-4-5-10/h6-7,10,12,16H,4-5,8,15H2,1-3H3. The third-order valence-electron chi connectivity index (χ3n) is 3.35. The van der Waals surface area contributed by atoms with E-state index < -0.39 is 0 Å². The van der Waals surface area contributed by atoms with Gasteiger partial charge in [0.1, 0.15) is 11.5 Å². The number of aryl methyl sites for hydroxylation is 1. The summed E-state index contributed by atoms with van der Waals surface area (Å²) in [7, 11) is 3.35. The molecule has 100 valence electrons. The lowest BCUT2D eigenvalue weighted by Gasteiger charge is -2.18. The van der Waals surface area contributed by atoms with Gasteiger partial charge < -0.3 is 20.5 Å². The zero-order valence-electron chi connectivity index (χ0n) is 11.3. The molecule has 4 nitrogen and oxygen atoms in total. The van der Waals surface area contributed by atoms with Gasteiger partial charge in [-0.25, -0.2) is 0 Å². The second-order valence-corrected chi connectivity index (χ2v) is 4.85. The molecule has 0 radical (unpaired) electrons. The Kier molecular flexibility index (Phi) is 4.09. The maximum atomic E-state index is 6.22. The molecule has 1 atom stereocenters. The lowest BCUT2D eigenvalue weighted by molar-refractivity contribution is 0.392. The van der Waals surface area contributed by atoms with Crippen LogP contribution in [0.2, 0.25) is 0 Å². The van der Waals surface area contributed by atoms with Crippen LogP contribution in [0.25, 0.3) is 0 Å². The summed E-state index contributed by atoms with van der Waals surface area (Å²) in [6, 6.07) is 4.54. The van der Waals surface area contributed by atoms with E-state index in [0.717, 1.165) is 29.2 Å². The fourth-order valence-electron chi connectivity index (χ4n) is 2.05. The van der Waals surface area contributed by atoms with Crippen LogP contribution in [-0.4, -0.2) is 26.8 Å². The first-order valence-corrected chi connectivity index (χ1v) is 6.37. The van der Waals surface area contributed by atoms with Crippen molar-refractivity contribution in [3.05, 3.63) is 23.3 Å². The Morgan fingerprint density at radius 2 is 1.94 bits per heavy atom. The highest BCUT2D eigenvalue weighted by Gasteiger charge is 2.22. The van der Waals surface area contributed by atoms with Crippen molar-refractivity contribution in [1.82, 2.24) is 5.32 Å². The fourth-order valence-corrected chi connectivity index (χ4v) is 2.05. The minimum absolute atomic E-state index is 0.0740. The van der Waals surface area contributed by atoms with Gasteiger partial charge in [-0.2, -0.15) is 0 Å². The summed E-state index contributed by atoms with van der Waals surface area (Å²) in [6.07, 6.45) is 2.53. The summed E-state index contributed by atoms with van der Waals surface area (Å²) < 4.78 is 10.7. The molecule has 0 amide bonds. The van der Waals surface area contributed by atoms with E-state index in [9.17, 15) is 0 Å². The normalized spacial score (nSPS) is 16.4. The van der Waals surface area contributed by atoms with Crippen molar-refractivity contribution in [2.45, 2.75) is 31.8 Å². The molecule has 0 heterocycles. The van der Waals surface area contributed by atoms with Crippen LogP contribution in [0.3, 0.4) is 0 Å². The van der Waals surface area contributed by atoms with Gasteiger partial charge in [0.15, 0.2) is 0 Å². The molecule has 1 aliphatic rings. The number of ether oxygens (including phenoxy) is 2. The van der Waals surface area contributed by atoms with E-state index in [0.29, 0.717) is 6.04 Å². The molecule has 4 heteroatoms. The van der Waals surface area contributed by atoms with Gasteiger partial charge in [0.2, 0.25) is 0 Å². The van der Waals surface area contributed by atoms with Crippen molar-refractivity contribution in [3.63, 3.8) is 0 Å². The van der Waals surface area contributed by atoms with Crippen LogP contribution in [-0.2, 0) is 0 Å². The molecule has 1 unspecified atom stereocenters. The van der Waals surface area contributed by atoms with Gasteiger partial charge in [-0.3, -0.25) is 0 Å². The Morgan fingerprint density at radius 3 is 2.50 bits per heavy atom. The number of nitrogens with one attached hydrogen (secondary N) is 1. The first kappa shape index (κ1) is 13.2. The summed E-state index contributed by atoms with van der Waals surface area (Å²) >= 11 is 0. The molecule has 0 bridgehead atoms. The fraction of sp³-hybridized carbons (Fsp3) is 0.571. The number of benzene rings is 1. The summed E-state index contributed by atoms with van der Waals surface area (Å²) in [4.78, 5) is 0. The molecule has 1 fully saturated rings. The van der Waals surface area contributed by atoms with E-state index in [1.807, 2.05) is 19.1 Å². The van der Waals surface area contributed by atoms with Gasteiger partial charge in [-0.1, -0.05) is 0 Å². The van der Waals surface area contributed by atoms with Gasteiger partial charge in [-0.15, -0.1) is 0 Å². The molecule has 1 aromatic rings. The second kappa shape index (κ2) is 5.59. The predicted molar refractivity (Wildman–Crippen MR) is 72.2 cm³/mol. The van der Waals surface area contributed by atoms with Crippen molar-refractivity contribution >= 4 is 0 Å². The third-order valence-corrected chi connectivity index (χ3v) is 3.35. The van der Waals surface area contributed by atoms with Crippen molar-refractivity contribution in [2.75, 3.05) is 20.8 Å². The molecule has 3 N–H and O–H groups in total. The largest absolute Gasteiger partial charge is 0.496 e. The smallest absolute Gasteiger partial charge is 0.124 e. The molecule has 0 saturated heterocycles. The highest BCUT2D eigenvalue weighted by molar-refractivity contribution is 5.47. The van der Waals surface area contributed by atoms with Crippen molar-refractivity contribution in [2.24, 2.45) is 5.73 Å². The average molecular weight is 250 g/mol. The number of hydrogen-bond acceptors (Lipinski definition) is 4. The van der Waals surface area contributed by atoms with Crippen LogP contribution in [0.1, 0.15) is 30.0 Å². The van der Waals surface area contributed by atoms with Gasteiger partial charge in [0.25, 0.3) is 0 Å². The Hall–Kier alpha value is -1.26. The zero-order valence-corrected chi connectivity index (χ0v) is 11.3. The van der Waals surface area contributed by atoms with Crippen LogP contribution in [0.5, 0.6) is 11.5 Å². The SMILES string of the molecule is COc1cc(C(N)CNC2CC2)c(OC)cc1C. The highest BCUT2D eigenvalue weighted by Crippen LogP contribution is 2.31. The summed E-state index contributed by atoms with van der Waals surface area (Å²) in [6.45, 7) is 2.77. The molecule has 2 rings (SSSR count). The van der Waals surface area contributed by atoms with Crippen LogP contribution >= 0.6 is 0 Å². The van der Waals surface area contributed by atoms with Crippen molar-refractivity contribution < 1.29 is 9.47 Å². The molecule has 1 aromatic carbocycles. The van der Waals surface area contributed by atoms with E-state index in [2.05, 4.69) is 5.32 Å². The zero-order chi connectivity index (χ0) is 13.1. The average Bonchev–Trinajstić information content (AvgIpc) is 3.19. The first-order valence-electron chi connectivity index (χ1n) is 6.37. The molecule has 1 saturated carbocycles. The monoisotopic (exact) mass is 250 g/mol. The van der Waals surface area contributed by atoms with Crippen LogP contribution < -0.4 is 20.5 Å². The summed E-state index contributed by atoms with van der Waals surface area (Å²) in [5.41, 5.74) is 8.27. The second-order valence-electron chi connectivity index (χ2n) is 4.85.